The Hall–Kier alpha value is -1.59. The Labute approximate surface area is 133 Å². The highest BCUT2D eigenvalue weighted by molar-refractivity contribution is 5.78. The largest absolute Gasteiger partial charge is 0.491 e. The lowest BCUT2D eigenvalue weighted by atomic mass is 10.2. The third kappa shape index (κ3) is 6.45. The fraction of sp³-hybridized carbons (Fsp3) is 0.588. The van der Waals surface area contributed by atoms with Gasteiger partial charge in [0.2, 0.25) is 5.91 Å². The van der Waals surface area contributed by atoms with E-state index >= 15 is 0 Å². The van der Waals surface area contributed by atoms with Crippen molar-refractivity contribution in [1.82, 2.24) is 9.80 Å². The molecule has 5 nitrogen and oxygen atoms in total. The van der Waals surface area contributed by atoms with Crippen molar-refractivity contribution in [2.45, 2.75) is 26.9 Å². The molecule has 124 valence electrons. The van der Waals surface area contributed by atoms with Crippen LogP contribution in [0.25, 0.3) is 0 Å². The van der Waals surface area contributed by atoms with Crippen LogP contribution in [-0.4, -0.2) is 66.8 Å². The van der Waals surface area contributed by atoms with Crippen LogP contribution in [0, 0.1) is 6.92 Å². The van der Waals surface area contributed by atoms with E-state index in [1.807, 2.05) is 57.0 Å². The SMILES string of the molecule is CCN(CC)C(=O)CN(C)CC(O)COc1cccc(C)c1. The first-order valence-electron chi connectivity index (χ1n) is 7.80. The summed E-state index contributed by atoms with van der Waals surface area (Å²) in [4.78, 5) is 15.6. The molecule has 0 aliphatic heterocycles. The van der Waals surface area contributed by atoms with Crippen LogP contribution in [0.4, 0.5) is 0 Å². The maximum absolute atomic E-state index is 12.0. The molecule has 0 heterocycles. The van der Waals surface area contributed by atoms with Crippen LogP contribution < -0.4 is 4.74 Å². The van der Waals surface area contributed by atoms with Gasteiger partial charge in [-0.3, -0.25) is 9.69 Å². The second kappa shape index (κ2) is 9.43. The van der Waals surface area contributed by atoms with E-state index in [2.05, 4.69) is 0 Å². The molecule has 0 aromatic heterocycles. The standard InChI is InChI=1S/C17H28N2O3/c1-5-19(6-2)17(21)12-18(4)11-15(20)13-22-16-9-7-8-14(3)10-16/h7-10,15,20H,5-6,11-13H2,1-4H3. The van der Waals surface area contributed by atoms with Crippen molar-refractivity contribution >= 4 is 5.91 Å². The first kappa shape index (κ1) is 18.5. The number of hydrogen-bond acceptors (Lipinski definition) is 4. The van der Waals surface area contributed by atoms with E-state index in [-0.39, 0.29) is 12.5 Å². The van der Waals surface area contributed by atoms with Gasteiger partial charge in [-0.05, 0) is 45.5 Å². The summed E-state index contributed by atoms with van der Waals surface area (Å²) >= 11 is 0. The Balaban J connectivity index is 2.34. The summed E-state index contributed by atoms with van der Waals surface area (Å²) in [6.07, 6.45) is -0.630. The first-order valence-corrected chi connectivity index (χ1v) is 7.80. The number of aliphatic hydroxyl groups is 1. The van der Waals surface area contributed by atoms with Crippen LogP contribution in [0.5, 0.6) is 5.75 Å². The van der Waals surface area contributed by atoms with Gasteiger partial charge in [-0.1, -0.05) is 12.1 Å². The molecule has 1 aromatic rings. The summed E-state index contributed by atoms with van der Waals surface area (Å²) in [5, 5.41) is 10.0. The topological polar surface area (TPSA) is 53.0 Å². The molecule has 0 bridgehead atoms. The van der Waals surface area contributed by atoms with Gasteiger partial charge in [0, 0.05) is 19.6 Å². The normalized spacial score (nSPS) is 12.3. The van der Waals surface area contributed by atoms with Crippen LogP contribution in [-0.2, 0) is 4.79 Å². The van der Waals surface area contributed by atoms with Gasteiger partial charge in [-0.25, -0.2) is 0 Å². The molecule has 0 fully saturated rings. The lowest BCUT2D eigenvalue weighted by molar-refractivity contribution is -0.132. The number of aryl methyl sites for hydroxylation is 1. The molecule has 22 heavy (non-hydrogen) atoms. The Bertz CT molecular complexity index is 461. The van der Waals surface area contributed by atoms with E-state index in [1.54, 1.807) is 4.90 Å². The summed E-state index contributed by atoms with van der Waals surface area (Å²) in [7, 11) is 1.83. The molecule has 0 saturated heterocycles. The number of ether oxygens (including phenoxy) is 1. The summed E-state index contributed by atoms with van der Waals surface area (Å²) in [5.41, 5.74) is 1.12. The molecule has 1 unspecified atom stereocenters. The molecule has 0 aliphatic carbocycles. The molecular weight excluding hydrogens is 280 g/mol. The average molecular weight is 308 g/mol. The highest BCUT2D eigenvalue weighted by Crippen LogP contribution is 2.12. The molecule has 1 aromatic carbocycles. The van der Waals surface area contributed by atoms with Gasteiger partial charge in [0.25, 0.3) is 0 Å². The lowest BCUT2D eigenvalue weighted by Crippen LogP contribution is -2.42. The molecule has 0 aliphatic rings. The monoisotopic (exact) mass is 308 g/mol. The van der Waals surface area contributed by atoms with E-state index in [0.717, 1.165) is 11.3 Å². The van der Waals surface area contributed by atoms with Crippen molar-refractivity contribution in [3.05, 3.63) is 29.8 Å². The summed E-state index contributed by atoms with van der Waals surface area (Å²) < 4.78 is 5.57. The van der Waals surface area contributed by atoms with E-state index in [1.165, 1.54) is 0 Å². The summed E-state index contributed by atoms with van der Waals surface area (Å²) in [6.45, 7) is 8.27. The van der Waals surface area contributed by atoms with E-state index in [0.29, 0.717) is 26.2 Å². The van der Waals surface area contributed by atoms with Crippen molar-refractivity contribution in [3.63, 3.8) is 0 Å². The second-order valence-corrected chi connectivity index (χ2v) is 5.54. The number of likely N-dealkylation sites (N-methyl/N-ethyl adjacent to an activating group) is 2. The maximum atomic E-state index is 12.0. The maximum Gasteiger partial charge on any atom is 0.236 e. The Kier molecular flexibility index (Phi) is 7.91. The Morgan fingerprint density at radius 3 is 2.59 bits per heavy atom. The smallest absolute Gasteiger partial charge is 0.236 e. The van der Waals surface area contributed by atoms with E-state index < -0.39 is 6.10 Å². The molecule has 0 radical (unpaired) electrons. The lowest BCUT2D eigenvalue weighted by Gasteiger charge is -2.24. The van der Waals surface area contributed by atoms with Crippen molar-refractivity contribution in [2.24, 2.45) is 0 Å². The van der Waals surface area contributed by atoms with E-state index in [4.69, 9.17) is 4.74 Å². The molecule has 5 heteroatoms. The number of carbonyl (C=O) groups excluding carboxylic acids is 1. The van der Waals surface area contributed by atoms with Gasteiger partial charge in [0.1, 0.15) is 18.5 Å². The van der Waals surface area contributed by atoms with Gasteiger partial charge in [-0.2, -0.15) is 0 Å². The zero-order valence-electron chi connectivity index (χ0n) is 14.1. The Morgan fingerprint density at radius 2 is 2.00 bits per heavy atom. The number of benzene rings is 1. The fourth-order valence-corrected chi connectivity index (χ4v) is 2.28. The molecule has 0 spiro atoms. The first-order chi connectivity index (χ1) is 10.5. The minimum atomic E-state index is -0.630. The number of aliphatic hydroxyl groups excluding tert-OH is 1. The number of hydrogen-bond donors (Lipinski definition) is 1. The zero-order chi connectivity index (χ0) is 16.5. The van der Waals surface area contributed by atoms with Gasteiger partial charge in [0.15, 0.2) is 0 Å². The van der Waals surface area contributed by atoms with Crippen molar-refractivity contribution in [3.8, 4) is 5.75 Å². The predicted octanol–water partition coefficient (Wildman–Crippen LogP) is 1.53. The molecule has 1 amide bonds. The average Bonchev–Trinajstić information content (AvgIpc) is 2.46. The fourth-order valence-electron chi connectivity index (χ4n) is 2.28. The van der Waals surface area contributed by atoms with E-state index in [9.17, 15) is 9.90 Å². The van der Waals surface area contributed by atoms with Crippen molar-refractivity contribution < 1.29 is 14.6 Å². The minimum absolute atomic E-state index is 0.0827. The van der Waals surface area contributed by atoms with Crippen molar-refractivity contribution in [1.29, 1.82) is 0 Å². The van der Waals surface area contributed by atoms with Crippen LogP contribution >= 0.6 is 0 Å². The highest BCUT2D eigenvalue weighted by Gasteiger charge is 2.15. The number of rotatable bonds is 9. The number of amides is 1. The third-order valence-corrected chi connectivity index (χ3v) is 3.48. The molecule has 1 rings (SSSR count). The van der Waals surface area contributed by atoms with Gasteiger partial charge in [-0.15, -0.1) is 0 Å². The Morgan fingerprint density at radius 1 is 1.32 bits per heavy atom. The highest BCUT2D eigenvalue weighted by atomic mass is 16.5. The summed E-state index contributed by atoms with van der Waals surface area (Å²) in [5.74, 6) is 0.834. The van der Waals surface area contributed by atoms with Gasteiger partial charge in [0.05, 0.1) is 6.54 Å². The second-order valence-electron chi connectivity index (χ2n) is 5.54. The molecular formula is C17H28N2O3. The molecule has 0 saturated carbocycles. The predicted molar refractivity (Wildman–Crippen MR) is 88.1 cm³/mol. The minimum Gasteiger partial charge on any atom is -0.491 e. The van der Waals surface area contributed by atoms with Crippen molar-refractivity contribution in [2.75, 3.05) is 39.8 Å². The quantitative estimate of drug-likeness (QED) is 0.752. The van der Waals surface area contributed by atoms with Gasteiger partial charge >= 0.3 is 0 Å². The summed E-state index contributed by atoms with van der Waals surface area (Å²) in [6, 6.07) is 7.72. The molecule has 1 N–H and O–H groups in total. The number of nitrogens with zero attached hydrogens (tertiary/aromatic N) is 2. The van der Waals surface area contributed by atoms with Gasteiger partial charge < -0.3 is 14.7 Å². The van der Waals surface area contributed by atoms with Crippen LogP contribution in [0.2, 0.25) is 0 Å². The van der Waals surface area contributed by atoms with Crippen LogP contribution in [0.1, 0.15) is 19.4 Å². The van der Waals surface area contributed by atoms with Crippen LogP contribution in [0.3, 0.4) is 0 Å². The number of carbonyl (C=O) groups is 1. The molecule has 1 atom stereocenters. The zero-order valence-corrected chi connectivity index (χ0v) is 14.1. The third-order valence-electron chi connectivity index (χ3n) is 3.48. The van der Waals surface area contributed by atoms with Crippen LogP contribution in [0.15, 0.2) is 24.3 Å².